The van der Waals surface area contributed by atoms with E-state index < -0.39 is 6.17 Å². The maximum Gasteiger partial charge on any atom is 0.212 e. The predicted molar refractivity (Wildman–Crippen MR) is 108 cm³/mol. The second-order valence-corrected chi connectivity index (χ2v) is 6.81. The number of imidazole rings is 1. The molecule has 0 bridgehead atoms. The van der Waals surface area contributed by atoms with Gasteiger partial charge in [0.2, 0.25) is 5.95 Å². The number of anilines is 1. The maximum absolute atomic E-state index is 10.5. The monoisotopic (exact) mass is 395 g/mol. The van der Waals surface area contributed by atoms with Gasteiger partial charge in [-0.25, -0.2) is 9.98 Å². The zero-order chi connectivity index (χ0) is 20.0. The largest absolute Gasteiger partial charge is 0.508 e. The summed E-state index contributed by atoms with van der Waals surface area (Å²) in [6.45, 7) is 3.61. The Morgan fingerprint density at radius 2 is 2.03 bits per heavy atom. The van der Waals surface area contributed by atoms with E-state index in [0.29, 0.717) is 54.1 Å². The average Bonchev–Trinajstić information content (AvgIpc) is 2.89. The van der Waals surface area contributed by atoms with E-state index in [4.69, 9.17) is 19.9 Å². The van der Waals surface area contributed by atoms with Crippen LogP contribution >= 0.6 is 0 Å². The highest BCUT2D eigenvalue weighted by Crippen LogP contribution is 2.41. The van der Waals surface area contributed by atoms with Crippen molar-refractivity contribution in [2.75, 3.05) is 25.1 Å². The van der Waals surface area contributed by atoms with Gasteiger partial charge in [-0.2, -0.15) is 0 Å². The lowest BCUT2D eigenvalue weighted by atomic mass is 10.1. The van der Waals surface area contributed by atoms with Gasteiger partial charge < -0.3 is 25.1 Å². The third-order valence-corrected chi connectivity index (χ3v) is 4.89. The first-order chi connectivity index (χ1) is 14.1. The third-order valence-electron chi connectivity index (χ3n) is 4.89. The van der Waals surface area contributed by atoms with Gasteiger partial charge in [-0.15, -0.1) is 0 Å². The van der Waals surface area contributed by atoms with Gasteiger partial charge in [-0.3, -0.25) is 9.88 Å². The van der Waals surface area contributed by atoms with Crippen LogP contribution in [0.4, 0.5) is 5.95 Å². The number of guanidine groups is 1. The van der Waals surface area contributed by atoms with Crippen molar-refractivity contribution >= 4 is 22.9 Å². The molecule has 9 nitrogen and oxygen atoms in total. The molecule has 2 aliphatic heterocycles. The number of fused-ring (bicyclic) bond motifs is 4. The number of nitrogens with two attached hydrogens (primary N) is 1. The number of ether oxygens (including phenoxy) is 3. The van der Waals surface area contributed by atoms with Crippen molar-refractivity contribution in [1.82, 2.24) is 9.55 Å². The lowest BCUT2D eigenvalue weighted by Crippen LogP contribution is -2.31. The van der Waals surface area contributed by atoms with E-state index in [9.17, 15) is 5.11 Å². The molecule has 0 saturated carbocycles. The molecule has 3 heterocycles. The van der Waals surface area contributed by atoms with Gasteiger partial charge in [0.25, 0.3) is 0 Å². The molecule has 9 heteroatoms. The van der Waals surface area contributed by atoms with Gasteiger partial charge in [0, 0.05) is 24.1 Å². The molecule has 4 N–H and O–H groups in total. The van der Waals surface area contributed by atoms with E-state index in [1.807, 2.05) is 23.6 Å². The van der Waals surface area contributed by atoms with Crippen LogP contribution in [0, 0.1) is 0 Å². The summed E-state index contributed by atoms with van der Waals surface area (Å²) < 4.78 is 19.1. The molecule has 0 saturated heterocycles. The Labute approximate surface area is 166 Å². The molecule has 0 spiro atoms. The predicted octanol–water partition coefficient (Wildman–Crippen LogP) is 2.59. The molecule has 1 aromatic heterocycles. The maximum atomic E-state index is 10.5. The Bertz CT molecular complexity index is 1120. The van der Waals surface area contributed by atoms with E-state index in [2.05, 4.69) is 15.3 Å². The van der Waals surface area contributed by atoms with Crippen molar-refractivity contribution in [3.8, 4) is 23.0 Å². The molecule has 0 fully saturated rings. The average molecular weight is 395 g/mol. The van der Waals surface area contributed by atoms with Gasteiger partial charge in [-0.05, 0) is 25.1 Å². The number of phenols is 1. The standard InChI is InChI=1S/C20H21N5O4/c1-2-27-11-4-5-15(26)12(8-11)18-23-19(21)24-20-22-13-9-16-17(10-14(13)25(18)20)29-7-3-6-28-16/h4-5,8-10,18,26H,2-3,6-7H2,1H3,(H3,21,22,23,24)/t18-/m0/s1. The third kappa shape index (κ3) is 2.95. The number of nitrogens with zero attached hydrogens (tertiary/aromatic N) is 3. The fraction of sp³-hybridized carbons (Fsp3) is 0.300. The van der Waals surface area contributed by atoms with E-state index in [0.717, 1.165) is 11.9 Å². The van der Waals surface area contributed by atoms with Crippen LogP contribution in [0.2, 0.25) is 0 Å². The van der Waals surface area contributed by atoms with Crippen LogP contribution < -0.4 is 25.3 Å². The fourth-order valence-electron chi connectivity index (χ4n) is 3.63. The zero-order valence-corrected chi connectivity index (χ0v) is 15.9. The molecule has 0 radical (unpaired) electrons. The lowest BCUT2D eigenvalue weighted by molar-refractivity contribution is 0.297. The van der Waals surface area contributed by atoms with Gasteiger partial charge in [0.05, 0.1) is 30.9 Å². The van der Waals surface area contributed by atoms with E-state index in [-0.39, 0.29) is 11.7 Å². The number of aromatic nitrogens is 2. The van der Waals surface area contributed by atoms with Crippen molar-refractivity contribution in [3.05, 3.63) is 35.9 Å². The van der Waals surface area contributed by atoms with Gasteiger partial charge in [0.15, 0.2) is 23.6 Å². The van der Waals surface area contributed by atoms with Crippen LogP contribution in [-0.4, -0.2) is 40.4 Å². The number of hydrogen-bond donors (Lipinski definition) is 3. The molecule has 1 atom stereocenters. The van der Waals surface area contributed by atoms with Crippen LogP contribution in [0.1, 0.15) is 25.1 Å². The van der Waals surface area contributed by atoms with E-state index >= 15 is 0 Å². The van der Waals surface area contributed by atoms with Crippen molar-refractivity contribution in [3.63, 3.8) is 0 Å². The molecule has 2 aliphatic rings. The van der Waals surface area contributed by atoms with E-state index in [1.54, 1.807) is 18.2 Å². The summed E-state index contributed by atoms with van der Waals surface area (Å²) in [5, 5.41) is 13.5. The number of aromatic hydroxyl groups is 1. The first kappa shape index (κ1) is 17.5. The minimum absolute atomic E-state index is 0.0963. The molecule has 0 amide bonds. The Balaban J connectivity index is 1.69. The number of benzene rings is 2. The molecule has 0 aliphatic carbocycles. The topological polar surface area (TPSA) is 116 Å². The second-order valence-electron chi connectivity index (χ2n) is 6.81. The molecule has 0 unspecified atom stereocenters. The van der Waals surface area contributed by atoms with Crippen LogP contribution in [0.3, 0.4) is 0 Å². The van der Waals surface area contributed by atoms with E-state index in [1.165, 1.54) is 0 Å². The smallest absolute Gasteiger partial charge is 0.212 e. The highest BCUT2D eigenvalue weighted by atomic mass is 16.5. The highest BCUT2D eigenvalue weighted by molar-refractivity contribution is 5.95. The molecular weight excluding hydrogens is 374 g/mol. The Morgan fingerprint density at radius 1 is 1.24 bits per heavy atom. The first-order valence-electron chi connectivity index (χ1n) is 9.51. The fourth-order valence-corrected chi connectivity index (χ4v) is 3.63. The van der Waals surface area contributed by atoms with Gasteiger partial charge in [-0.1, -0.05) is 0 Å². The first-order valence-corrected chi connectivity index (χ1v) is 9.51. The molecule has 5 rings (SSSR count). The number of aliphatic imine (C=N–C) groups is 1. The van der Waals surface area contributed by atoms with Crippen LogP contribution in [0.5, 0.6) is 23.0 Å². The van der Waals surface area contributed by atoms with Crippen LogP contribution in [-0.2, 0) is 0 Å². The summed E-state index contributed by atoms with van der Waals surface area (Å²) in [5.41, 5.74) is 8.08. The molecule has 150 valence electrons. The number of hydrogen-bond acceptors (Lipinski definition) is 8. The molecule has 29 heavy (non-hydrogen) atoms. The number of nitrogens with one attached hydrogen (secondary N) is 1. The number of rotatable bonds is 3. The highest BCUT2D eigenvalue weighted by Gasteiger charge is 2.28. The molecular formula is C20H21N5O4. The Hall–Kier alpha value is -3.62. The lowest BCUT2D eigenvalue weighted by Gasteiger charge is -2.24. The van der Waals surface area contributed by atoms with Crippen molar-refractivity contribution < 1.29 is 19.3 Å². The molecule has 3 aromatic rings. The van der Waals surface area contributed by atoms with Gasteiger partial charge in [0.1, 0.15) is 11.5 Å². The SMILES string of the molecule is CCOc1ccc(O)c([C@H]2N=C(N)Nc3nc4cc5c(cc4n32)OCCCO5)c1. The summed E-state index contributed by atoms with van der Waals surface area (Å²) in [5.74, 6) is 2.80. The number of phenolic OH excluding ortho intramolecular Hbond substituents is 1. The molecule has 2 aromatic carbocycles. The second kappa shape index (κ2) is 6.77. The van der Waals surface area contributed by atoms with Crippen molar-refractivity contribution in [1.29, 1.82) is 0 Å². The summed E-state index contributed by atoms with van der Waals surface area (Å²) >= 11 is 0. The quantitative estimate of drug-likeness (QED) is 0.624. The summed E-state index contributed by atoms with van der Waals surface area (Å²) in [6.07, 6.45) is 0.210. The van der Waals surface area contributed by atoms with Crippen molar-refractivity contribution in [2.24, 2.45) is 10.7 Å². The minimum Gasteiger partial charge on any atom is -0.508 e. The summed E-state index contributed by atoms with van der Waals surface area (Å²) in [6, 6.07) is 8.82. The normalized spacial score (nSPS) is 17.8. The van der Waals surface area contributed by atoms with Crippen LogP contribution in [0.25, 0.3) is 11.0 Å². The van der Waals surface area contributed by atoms with Crippen molar-refractivity contribution in [2.45, 2.75) is 19.5 Å². The Kier molecular flexibility index (Phi) is 4.08. The minimum atomic E-state index is -0.610. The summed E-state index contributed by atoms with van der Waals surface area (Å²) in [7, 11) is 0. The summed E-state index contributed by atoms with van der Waals surface area (Å²) in [4.78, 5) is 9.18. The zero-order valence-electron chi connectivity index (χ0n) is 15.9. The Morgan fingerprint density at radius 3 is 2.83 bits per heavy atom. The van der Waals surface area contributed by atoms with Crippen LogP contribution in [0.15, 0.2) is 35.3 Å². The van der Waals surface area contributed by atoms with Gasteiger partial charge >= 0.3 is 0 Å².